The van der Waals surface area contributed by atoms with Gasteiger partial charge in [0.05, 0.1) is 16.4 Å². The number of para-hydroxylation sites is 1. The summed E-state index contributed by atoms with van der Waals surface area (Å²) in [4.78, 5) is 39.4. The smallest absolute Gasteiger partial charge is 0.259 e. The largest absolute Gasteiger partial charge is 0.293 e. The fourth-order valence-corrected chi connectivity index (χ4v) is 3.73. The van der Waals surface area contributed by atoms with E-state index in [0.717, 1.165) is 4.90 Å². The van der Waals surface area contributed by atoms with Crippen molar-refractivity contribution < 1.29 is 14.4 Å². The molecule has 2 atom stereocenters. The number of halogens is 2. The molecule has 2 aliphatic heterocycles. The Morgan fingerprint density at radius 1 is 1.00 bits per heavy atom. The summed E-state index contributed by atoms with van der Waals surface area (Å²) in [5.41, 5.74) is 0.915. The van der Waals surface area contributed by atoms with Crippen molar-refractivity contribution in [2.75, 3.05) is 9.91 Å². The summed E-state index contributed by atoms with van der Waals surface area (Å²) >= 11 is 12.1. The Labute approximate surface area is 165 Å². The maximum atomic E-state index is 13.2. The van der Waals surface area contributed by atoms with E-state index in [0.29, 0.717) is 16.4 Å². The van der Waals surface area contributed by atoms with Crippen LogP contribution in [0.5, 0.6) is 0 Å². The fraction of sp³-hybridized carbons (Fsp3) is 0.158. The molecular weight excluding hydrogens is 389 g/mol. The van der Waals surface area contributed by atoms with Gasteiger partial charge in [-0.05, 0) is 36.4 Å². The number of rotatable bonds is 3. The molecule has 0 saturated carbocycles. The molecule has 1 saturated heterocycles. The van der Waals surface area contributed by atoms with Crippen molar-refractivity contribution in [2.24, 2.45) is 11.0 Å². The zero-order valence-corrected chi connectivity index (χ0v) is 15.6. The van der Waals surface area contributed by atoms with Gasteiger partial charge in [0.15, 0.2) is 5.78 Å². The molecule has 0 unspecified atom stereocenters. The van der Waals surface area contributed by atoms with E-state index in [4.69, 9.17) is 23.2 Å². The number of nitrogens with zero attached hydrogens (tertiary/aromatic N) is 3. The lowest BCUT2D eigenvalue weighted by Gasteiger charge is -2.22. The molecule has 8 heteroatoms. The summed E-state index contributed by atoms with van der Waals surface area (Å²) in [6.07, 6.45) is 0. The molecule has 6 nitrogen and oxygen atoms in total. The van der Waals surface area contributed by atoms with Crippen LogP contribution in [0.4, 0.5) is 11.4 Å². The predicted molar refractivity (Wildman–Crippen MR) is 103 cm³/mol. The molecule has 2 aromatic carbocycles. The van der Waals surface area contributed by atoms with Crippen LogP contribution in [0, 0.1) is 5.92 Å². The summed E-state index contributed by atoms with van der Waals surface area (Å²) in [5, 5.41) is 6.49. The standard InChI is InChI=1S/C19H13Cl2N3O3/c1-10(25)16-15-17(24(22-16)12-8-6-11(20)7-9-12)19(27)23(18(15)26)14-5-3-2-4-13(14)21/h2-9,15,17H,1H3/t15-,17+/m1/s1. The first kappa shape index (κ1) is 17.7. The maximum absolute atomic E-state index is 13.2. The highest BCUT2D eigenvalue weighted by Gasteiger charge is 2.58. The number of benzene rings is 2. The second-order valence-corrected chi connectivity index (χ2v) is 7.09. The van der Waals surface area contributed by atoms with E-state index < -0.39 is 23.8 Å². The van der Waals surface area contributed by atoms with E-state index >= 15 is 0 Å². The Kier molecular flexibility index (Phi) is 4.25. The van der Waals surface area contributed by atoms with Gasteiger partial charge in [0, 0.05) is 11.9 Å². The lowest BCUT2D eigenvalue weighted by atomic mass is 9.95. The summed E-state index contributed by atoms with van der Waals surface area (Å²) in [6.45, 7) is 1.33. The first-order valence-corrected chi connectivity index (χ1v) is 8.92. The maximum Gasteiger partial charge on any atom is 0.259 e. The molecule has 0 spiro atoms. The third-order valence-corrected chi connectivity index (χ3v) is 5.17. The van der Waals surface area contributed by atoms with Crippen molar-refractivity contribution in [3.8, 4) is 0 Å². The third-order valence-electron chi connectivity index (χ3n) is 4.59. The Hall–Kier alpha value is -2.70. The number of Topliss-reactive ketones (excluding diaryl/α,β-unsaturated/α-hetero) is 1. The molecule has 0 radical (unpaired) electrons. The first-order valence-electron chi connectivity index (χ1n) is 8.16. The van der Waals surface area contributed by atoms with Gasteiger partial charge in [0.25, 0.3) is 5.91 Å². The molecule has 0 bridgehead atoms. The van der Waals surface area contributed by atoms with Crippen molar-refractivity contribution in [1.82, 2.24) is 0 Å². The van der Waals surface area contributed by atoms with E-state index in [1.54, 1.807) is 48.5 Å². The highest BCUT2D eigenvalue weighted by Crippen LogP contribution is 2.39. The summed E-state index contributed by atoms with van der Waals surface area (Å²) in [6, 6.07) is 12.3. The van der Waals surface area contributed by atoms with Gasteiger partial charge < -0.3 is 0 Å². The second-order valence-electron chi connectivity index (χ2n) is 6.25. The van der Waals surface area contributed by atoms with Crippen LogP contribution in [0.2, 0.25) is 10.0 Å². The quantitative estimate of drug-likeness (QED) is 0.739. The van der Waals surface area contributed by atoms with Crippen LogP contribution in [0.25, 0.3) is 0 Å². The normalized spacial score (nSPS) is 21.5. The minimum absolute atomic E-state index is 0.0582. The Morgan fingerprint density at radius 2 is 1.67 bits per heavy atom. The van der Waals surface area contributed by atoms with Crippen molar-refractivity contribution >= 4 is 57.9 Å². The molecule has 2 aliphatic rings. The highest BCUT2D eigenvalue weighted by molar-refractivity contribution is 6.49. The Bertz CT molecular complexity index is 1000. The van der Waals surface area contributed by atoms with Crippen LogP contribution in [0.15, 0.2) is 53.6 Å². The number of anilines is 2. The predicted octanol–water partition coefficient (Wildman–Crippen LogP) is 3.32. The van der Waals surface area contributed by atoms with Crippen LogP contribution in [-0.4, -0.2) is 29.4 Å². The van der Waals surface area contributed by atoms with Crippen LogP contribution in [0.1, 0.15) is 6.92 Å². The van der Waals surface area contributed by atoms with Gasteiger partial charge in [-0.25, -0.2) is 4.90 Å². The topological polar surface area (TPSA) is 70.1 Å². The van der Waals surface area contributed by atoms with Gasteiger partial charge >= 0.3 is 0 Å². The number of hydrogen-bond acceptors (Lipinski definition) is 5. The van der Waals surface area contributed by atoms with E-state index in [9.17, 15) is 14.4 Å². The molecule has 2 aromatic rings. The molecule has 2 heterocycles. The van der Waals surface area contributed by atoms with Crippen molar-refractivity contribution in [1.29, 1.82) is 0 Å². The average molecular weight is 402 g/mol. The van der Waals surface area contributed by atoms with Crippen molar-refractivity contribution in [2.45, 2.75) is 13.0 Å². The van der Waals surface area contributed by atoms with E-state index in [1.165, 1.54) is 11.9 Å². The van der Waals surface area contributed by atoms with Crippen LogP contribution < -0.4 is 9.91 Å². The summed E-state index contributed by atoms with van der Waals surface area (Å²) in [5.74, 6) is -2.32. The third kappa shape index (κ3) is 2.72. The lowest BCUT2D eigenvalue weighted by molar-refractivity contribution is -0.122. The van der Waals surface area contributed by atoms with Gasteiger partial charge in [-0.2, -0.15) is 5.10 Å². The van der Waals surface area contributed by atoms with Gasteiger partial charge in [0.2, 0.25) is 5.91 Å². The van der Waals surface area contributed by atoms with E-state index in [2.05, 4.69) is 5.10 Å². The van der Waals surface area contributed by atoms with Gasteiger partial charge in [-0.1, -0.05) is 35.3 Å². The minimum atomic E-state index is -0.970. The number of fused-ring (bicyclic) bond motifs is 1. The zero-order chi connectivity index (χ0) is 19.3. The highest BCUT2D eigenvalue weighted by atomic mass is 35.5. The zero-order valence-electron chi connectivity index (χ0n) is 14.1. The summed E-state index contributed by atoms with van der Waals surface area (Å²) < 4.78 is 0. The number of carbonyl (C=O) groups is 3. The SMILES string of the molecule is CC(=O)C1=NN(c2ccc(Cl)cc2)[C@@H]2C(=O)N(c3ccccc3Cl)C(=O)[C@H]12. The lowest BCUT2D eigenvalue weighted by Crippen LogP contribution is -2.39. The first-order chi connectivity index (χ1) is 12.9. The van der Waals surface area contributed by atoms with Crippen LogP contribution in [0.3, 0.4) is 0 Å². The number of carbonyl (C=O) groups excluding carboxylic acids is 3. The average Bonchev–Trinajstić information content (AvgIpc) is 3.15. The minimum Gasteiger partial charge on any atom is -0.293 e. The number of amides is 2. The molecule has 0 aliphatic carbocycles. The Morgan fingerprint density at radius 3 is 2.30 bits per heavy atom. The van der Waals surface area contributed by atoms with Gasteiger partial charge in [-0.3, -0.25) is 19.4 Å². The molecular formula is C19H13Cl2N3O3. The second kappa shape index (κ2) is 6.48. The van der Waals surface area contributed by atoms with E-state index in [1.807, 2.05) is 0 Å². The molecule has 0 aromatic heterocycles. The number of hydrazone groups is 1. The number of ketones is 1. The molecule has 136 valence electrons. The van der Waals surface area contributed by atoms with Crippen molar-refractivity contribution in [3.05, 3.63) is 58.6 Å². The van der Waals surface area contributed by atoms with Crippen LogP contribution >= 0.6 is 23.2 Å². The number of imide groups is 1. The Balaban J connectivity index is 1.82. The van der Waals surface area contributed by atoms with Gasteiger partial charge in [0.1, 0.15) is 17.7 Å². The molecule has 1 fully saturated rings. The molecule has 4 rings (SSSR count). The molecule has 0 N–H and O–H groups in total. The fourth-order valence-electron chi connectivity index (χ4n) is 3.38. The summed E-state index contributed by atoms with van der Waals surface area (Å²) in [7, 11) is 0. The van der Waals surface area contributed by atoms with Crippen LogP contribution in [-0.2, 0) is 14.4 Å². The molecule has 27 heavy (non-hydrogen) atoms. The monoisotopic (exact) mass is 401 g/mol. The molecule has 2 amide bonds. The number of hydrogen-bond donors (Lipinski definition) is 0. The van der Waals surface area contributed by atoms with E-state index in [-0.39, 0.29) is 16.5 Å². The van der Waals surface area contributed by atoms with Crippen molar-refractivity contribution in [3.63, 3.8) is 0 Å². The van der Waals surface area contributed by atoms with Gasteiger partial charge in [-0.15, -0.1) is 0 Å².